The van der Waals surface area contributed by atoms with Crippen molar-refractivity contribution in [3.8, 4) is 0 Å². The van der Waals surface area contributed by atoms with Gasteiger partial charge in [0.15, 0.2) is 0 Å². The van der Waals surface area contributed by atoms with Crippen molar-refractivity contribution >= 4 is 5.91 Å². The zero-order valence-corrected chi connectivity index (χ0v) is 6.38. The van der Waals surface area contributed by atoms with E-state index in [-0.39, 0.29) is 5.91 Å². The fraction of sp³-hybridized carbons (Fsp3) is 0.857. The summed E-state index contributed by atoms with van der Waals surface area (Å²) in [5.41, 5.74) is 0. The van der Waals surface area contributed by atoms with Crippen molar-refractivity contribution in [3.63, 3.8) is 0 Å². The number of hydrogen-bond donors (Lipinski definition) is 1. The summed E-state index contributed by atoms with van der Waals surface area (Å²) in [6, 6.07) is 0.418. The first-order valence-corrected chi connectivity index (χ1v) is 3.95. The van der Waals surface area contributed by atoms with E-state index < -0.39 is 0 Å². The highest BCUT2D eigenvalue weighted by Gasteiger charge is 2.28. The van der Waals surface area contributed by atoms with Gasteiger partial charge in [0, 0.05) is 13.1 Å². The number of nitrogens with one attached hydrogen (secondary N) is 1. The van der Waals surface area contributed by atoms with Gasteiger partial charge in [0.1, 0.15) is 0 Å². The minimum atomic E-state index is 0.142. The third-order valence-corrected chi connectivity index (χ3v) is 2.23. The van der Waals surface area contributed by atoms with Crippen LogP contribution in [0.25, 0.3) is 0 Å². The summed E-state index contributed by atoms with van der Waals surface area (Å²) in [7, 11) is 0. The third kappa shape index (κ3) is 1.36. The number of rotatable bonds is 0. The maximum Gasteiger partial charge on any atom is 0.234 e. The van der Waals surface area contributed by atoms with Crippen LogP contribution in [0.2, 0.25) is 0 Å². The fourth-order valence-electron chi connectivity index (χ4n) is 1.56. The molecule has 11 heavy (non-hydrogen) atoms. The van der Waals surface area contributed by atoms with E-state index in [4.69, 9.17) is 4.74 Å². The van der Waals surface area contributed by atoms with Crippen molar-refractivity contribution in [2.45, 2.75) is 6.04 Å². The number of carbonyl (C=O) groups is 1. The van der Waals surface area contributed by atoms with E-state index in [1.807, 2.05) is 0 Å². The van der Waals surface area contributed by atoms with Crippen LogP contribution in [-0.2, 0) is 9.53 Å². The molecule has 1 amide bonds. The zero-order valence-electron chi connectivity index (χ0n) is 6.38. The molecule has 0 bridgehead atoms. The number of hydrogen-bond acceptors (Lipinski definition) is 3. The van der Waals surface area contributed by atoms with Gasteiger partial charge in [-0.2, -0.15) is 0 Å². The molecule has 0 aromatic heterocycles. The molecular weight excluding hydrogens is 144 g/mol. The Morgan fingerprint density at radius 1 is 1.64 bits per heavy atom. The van der Waals surface area contributed by atoms with Gasteiger partial charge in [0.2, 0.25) is 5.91 Å². The predicted molar refractivity (Wildman–Crippen MR) is 39.2 cm³/mol. The normalized spacial score (nSPS) is 32.7. The van der Waals surface area contributed by atoms with Crippen LogP contribution >= 0.6 is 0 Å². The molecule has 2 saturated heterocycles. The Hall–Kier alpha value is -0.610. The van der Waals surface area contributed by atoms with Crippen molar-refractivity contribution in [2.75, 3.05) is 32.8 Å². The number of piperazine rings is 1. The van der Waals surface area contributed by atoms with Gasteiger partial charge in [-0.05, 0) is 0 Å². The van der Waals surface area contributed by atoms with Crippen LogP contribution in [0.1, 0.15) is 0 Å². The average Bonchev–Trinajstić information content (AvgIpc) is 2.04. The van der Waals surface area contributed by atoms with Crippen LogP contribution in [0.15, 0.2) is 0 Å². The lowest BCUT2D eigenvalue weighted by molar-refractivity contribution is -0.129. The first-order chi connectivity index (χ1) is 5.36. The van der Waals surface area contributed by atoms with Gasteiger partial charge in [-0.15, -0.1) is 0 Å². The van der Waals surface area contributed by atoms with E-state index in [2.05, 4.69) is 10.2 Å². The summed E-state index contributed by atoms with van der Waals surface area (Å²) in [4.78, 5) is 13.1. The van der Waals surface area contributed by atoms with E-state index in [0.29, 0.717) is 12.6 Å². The molecule has 0 spiro atoms. The number of amides is 1. The lowest BCUT2D eigenvalue weighted by atomic mass is 10.2. The lowest BCUT2D eigenvalue weighted by Crippen LogP contribution is -2.58. The Kier molecular flexibility index (Phi) is 1.79. The molecule has 2 aliphatic rings. The Morgan fingerprint density at radius 2 is 2.55 bits per heavy atom. The van der Waals surface area contributed by atoms with Crippen LogP contribution < -0.4 is 5.32 Å². The Balaban J connectivity index is 1.98. The smallest absolute Gasteiger partial charge is 0.234 e. The monoisotopic (exact) mass is 156 g/mol. The molecule has 4 nitrogen and oxygen atoms in total. The Labute approximate surface area is 65.5 Å². The van der Waals surface area contributed by atoms with Gasteiger partial charge >= 0.3 is 0 Å². The van der Waals surface area contributed by atoms with Crippen molar-refractivity contribution in [2.24, 2.45) is 0 Å². The quantitative estimate of drug-likeness (QED) is 0.480. The highest BCUT2D eigenvalue weighted by atomic mass is 16.5. The zero-order chi connectivity index (χ0) is 7.68. The lowest BCUT2D eigenvalue weighted by Gasteiger charge is -2.38. The summed E-state index contributed by atoms with van der Waals surface area (Å²) in [6.45, 7) is 3.73. The number of fused-ring (bicyclic) bond motifs is 1. The standard InChI is InChI=1S/C7H12N2O2/c10-7-4-9-1-2-11-5-6(9)3-8-7/h6H,1-5H2,(H,8,10). The first kappa shape index (κ1) is 7.06. The molecule has 1 unspecified atom stereocenters. The number of ether oxygens (including phenoxy) is 1. The van der Waals surface area contributed by atoms with E-state index in [0.717, 1.165) is 26.3 Å². The van der Waals surface area contributed by atoms with Gasteiger partial charge in [0.25, 0.3) is 0 Å². The molecule has 1 atom stereocenters. The molecule has 1 N–H and O–H groups in total. The number of morpholine rings is 1. The summed E-state index contributed by atoms with van der Waals surface area (Å²) in [5, 5.41) is 2.82. The van der Waals surface area contributed by atoms with E-state index in [9.17, 15) is 4.79 Å². The highest BCUT2D eigenvalue weighted by Crippen LogP contribution is 2.08. The summed E-state index contributed by atoms with van der Waals surface area (Å²) in [5.74, 6) is 0.142. The third-order valence-electron chi connectivity index (χ3n) is 2.23. The van der Waals surface area contributed by atoms with Gasteiger partial charge in [-0.3, -0.25) is 9.69 Å². The molecule has 2 fully saturated rings. The van der Waals surface area contributed by atoms with Crippen LogP contribution in [0.5, 0.6) is 0 Å². The van der Waals surface area contributed by atoms with Crippen molar-refractivity contribution in [1.82, 2.24) is 10.2 Å². The SMILES string of the molecule is O=C1CN2CCOCC2CN1. The molecule has 4 heteroatoms. The van der Waals surface area contributed by atoms with Crippen LogP contribution in [-0.4, -0.2) is 49.7 Å². The van der Waals surface area contributed by atoms with Gasteiger partial charge < -0.3 is 10.1 Å². The van der Waals surface area contributed by atoms with Gasteiger partial charge in [-0.25, -0.2) is 0 Å². The van der Waals surface area contributed by atoms with Crippen molar-refractivity contribution in [3.05, 3.63) is 0 Å². The fourth-order valence-corrected chi connectivity index (χ4v) is 1.56. The number of carbonyl (C=O) groups excluding carboxylic acids is 1. The maximum absolute atomic E-state index is 10.9. The minimum Gasteiger partial charge on any atom is -0.378 e. The largest absolute Gasteiger partial charge is 0.378 e. The molecule has 0 aromatic carbocycles. The predicted octanol–water partition coefficient (Wildman–Crippen LogP) is -1.18. The van der Waals surface area contributed by atoms with Gasteiger partial charge in [-0.1, -0.05) is 0 Å². The van der Waals surface area contributed by atoms with Crippen LogP contribution in [0, 0.1) is 0 Å². The Bertz CT molecular complexity index is 172. The maximum atomic E-state index is 10.9. The Morgan fingerprint density at radius 3 is 3.45 bits per heavy atom. The summed E-state index contributed by atoms with van der Waals surface area (Å²) in [6.07, 6.45) is 0. The molecule has 2 rings (SSSR count). The molecular formula is C7H12N2O2. The van der Waals surface area contributed by atoms with Crippen LogP contribution in [0.4, 0.5) is 0 Å². The van der Waals surface area contributed by atoms with Crippen LogP contribution in [0.3, 0.4) is 0 Å². The molecule has 2 aliphatic heterocycles. The average molecular weight is 156 g/mol. The molecule has 62 valence electrons. The van der Waals surface area contributed by atoms with Gasteiger partial charge in [0.05, 0.1) is 25.8 Å². The topological polar surface area (TPSA) is 41.6 Å². The second-order valence-electron chi connectivity index (χ2n) is 3.00. The molecule has 0 saturated carbocycles. The van der Waals surface area contributed by atoms with E-state index >= 15 is 0 Å². The molecule has 2 heterocycles. The highest BCUT2D eigenvalue weighted by molar-refractivity contribution is 5.78. The molecule has 0 radical (unpaired) electrons. The van der Waals surface area contributed by atoms with E-state index in [1.54, 1.807) is 0 Å². The van der Waals surface area contributed by atoms with Crippen molar-refractivity contribution < 1.29 is 9.53 Å². The molecule has 0 aliphatic carbocycles. The second-order valence-corrected chi connectivity index (χ2v) is 3.00. The summed E-state index contributed by atoms with van der Waals surface area (Å²) >= 11 is 0. The van der Waals surface area contributed by atoms with E-state index in [1.165, 1.54) is 0 Å². The summed E-state index contributed by atoms with van der Waals surface area (Å²) < 4.78 is 5.28. The second kappa shape index (κ2) is 2.79. The van der Waals surface area contributed by atoms with Crippen molar-refractivity contribution in [1.29, 1.82) is 0 Å². The molecule has 0 aromatic rings. The first-order valence-electron chi connectivity index (χ1n) is 3.95. The number of nitrogens with zero attached hydrogens (tertiary/aromatic N) is 1. The minimum absolute atomic E-state index is 0.142.